The summed E-state index contributed by atoms with van der Waals surface area (Å²) in [6.07, 6.45) is 3.67. The largest absolute Gasteiger partial charge is 0.368 e. The maximum absolute atomic E-state index is 11.8. The maximum atomic E-state index is 11.8. The molecule has 96 valence electrons. The molecular formula is C11H14N4O3. The highest BCUT2D eigenvalue weighted by molar-refractivity contribution is 5.98. The number of hydrogen-bond acceptors (Lipinski definition) is 3. The molecule has 0 saturated carbocycles. The van der Waals surface area contributed by atoms with Crippen molar-refractivity contribution < 1.29 is 14.4 Å². The summed E-state index contributed by atoms with van der Waals surface area (Å²) in [5.74, 6) is -1.13. The van der Waals surface area contributed by atoms with Crippen LogP contribution in [0.1, 0.15) is 16.8 Å². The van der Waals surface area contributed by atoms with Crippen LogP contribution in [0.4, 0.5) is 0 Å². The van der Waals surface area contributed by atoms with E-state index in [1.807, 2.05) is 0 Å². The van der Waals surface area contributed by atoms with Crippen molar-refractivity contribution in [1.82, 2.24) is 15.2 Å². The van der Waals surface area contributed by atoms with Crippen LogP contribution in [0.25, 0.3) is 0 Å². The number of nitrogens with one attached hydrogen (secondary N) is 2. The van der Waals surface area contributed by atoms with Crippen LogP contribution in [0, 0.1) is 0 Å². The van der Waals surface area contributed by atoms with Crippen LogP contribution < -0.4 is 11.1 Å². The van der Waals surface area contributed by atoms with Gasteiger partial charge in [0.2, 0.25) is 11.8 Å². The van der Waals surface area contributed by atoms with Crippen molar-refractivity contribution in [1.29, 1.82) is 0 Å². The fourth-order valence-electron chi connectivity index (χ4n) is 1.92. The van der Waals surface area contributed by atoms with E-state index in [-0.39, 0.29) is 18.4 Å². The number of nitrogens with two attached hydrogens (primary N) is 1. The van der Waals surface area contributed by atoms with Crippen molar-refractivity contribution in [2.75, 3.05) is 13.1 Å². The number of rotatable bonds is 4. The molecule has 4 N–H and O–H groups in total. The first-order valence-electron chi connectivity index (χ1n) is 5.58. The highest BCUT2D eigenvalue weighted by atomic mass is 16.2. The molecule has 1 aliphatic heterocycles. The Kier molecular flexibility index (Phi) is 3.31. The summed E-state index contributed by atoms with van der Waals surface area (Å²) in [6.45, 7) is 0.329. The molecule has 3 amide bonds. The fourth-order valence-corrected chi connectivity index (χ4v) is 1.92. The second-order valence-corrected chi connectivity index (χ2v) is 4.14. The topological polar surface area (TPSA) is 108 Å². The molecule has 1 saturated heterocycles. The van der Waals surface area contributed by atoms with Crippen LogP contribution in [0.3, 0.4) is 0 Å². The van der Waals surface area contributed by atoms with Crippen molar-refractivity contribution in [3.8, 4) is 0 Å². The van der Waals surface area contributed by atoms with E-state index in [0.717, 1.165) is 0 Å². The highest BCUT2D eigenvalue weighted by Crippen LogP contribution is 2.11. The van der Waals surface area contributed by atoms with Crippen molar-refractivity contribution >= 4 is 17.7 Å². The van der Waals surface area contributed by atoms with Gasteiger partial charge >= 0.3 is 0 Å². The number of hydrogen-bond donors (Lipinski definition) is 3. The van der Waals surface area contributed by atoms with E-state index in [1.54, 1.807) is 18.5 Å². The second kappa shape index (κ2) is 4.91. The molecule has 18 heavy (non-hydrogen) atoms. The number of primary amides is 1. The van der Waals surface area contributed by atoms with Gasteiger partial charge in [-0.2, -0.15) is 0 Å². The van der Waals surface area contributed by atoms with Gasteiger partial charge in [0, 0.05) is 18.9 Å². The molecule has 0 spiro atoms. The van der Waals surface area contributed by atoms with Crippen molar-refractivity contribution in [2.24, 2.45) is 5.73 Å². The normalized spacial score (nSPS) is 19.0. The lowest BCUT2D eigenvalue weighted by Gasteiger charge is -2.14. The Morgan fingerprint density at radius 2 is 2.33 bits per heavy atom. The SMILES string of the molecule is NC(=O)CN1CC[C@H](NC(=O)c2cc[nH]c2)C1=O. The molecule has 7 nitrogen and oxygen atoms in total. The average Bonchev–Trinajstić information content (AvgIpc) is 2.93. The van der Waals surface area contributed by atoms with Gasteiger partial charge in [-0.1, -0.05) is 0 Å². The van der Waals surface area contributed by atoms with Crippen molar-refractivity contribution in [2.45, 2.75) is 12.5 Å². The van der Waals surface area contributed by atoms with Crippen LogP contribution in [0.5, 0.6) is 0 Å². The Hall–Kier alpha value is -2.31. The molecule has 1 fully saturated rings. The second-order valence-electron chi connectivity index (χ2n) is 4.14. The van der Waals surface area contributed by atoms with E-state index >= 15 is 0 Å². The number of carbonyl (C=O) groups is 3. The standard InChI is InChI=1S/C11H14N4O3/c12-9(16)6-15-4-2-8(11(15)18)14-10(17)7-1-3-13-5-7/h1,3,5,8,13H,2,4,6H2,(H2,12,16)(H,14,17)/t8-/m0/s1. The third kappa shape index (κ3) is 2.50. The van der Waals surface area contributed by atoms with E-state index in [9.17, 15) is 14.4 Å². The molecule has 1 aliphatic rings. The van der Waals surface area contributed by atoms with E-state index in [2.05, 4.69) is 10.3 Å². The van der Waals surface area contributed by atoms with Crippen LogP contribution >= 0.6 is 0 Å². The minimum absolute atomic E-state index is 0.102. The molecular weight excluding hydrogens is 236 g/mol. The molecule has 1 aromatic heterocycles. The number of nitrogens with zero attached hydrogens (tertiary/aromatic N) is 1. The lowest BCUT2D eigenvalue weighted by molar-refractivity contribution is -0.133. The molecule has 1 aromatic rings. The zero-order valence-corrected chi connectivity index (χ0v) is 9.68. The quantitative estimate of drug-likeness (QED) is 0.626. The minimum Gasteiger partial charge on any atom is -0.368 e. The average molecular weight is 250 g/mol. The number of carbonyl (C=O) groups excluding carboxylic acids is 3. The number of H-pyrrole nitrogens is 1. The summed E-state index contributed by atoms with van der Waals surface area (Å²) in [5.41, 5.74) is 5.50. The van der Waals surface area contributed by atoms with Gasteiger partial charge in [0.05, 0.1) is 12.1 Å². The Morgan fingerprint density at radius 3 is 2.94 bits per heavy atom. The number of aromatic nitrogens is 1. The van der Waals surface area contributed by atoms with Gasteiger partial charge in [-0.05, 0) is 12.5 Å². The van der Waals surface area contributed by atoms with Crippen molar-refractivity contribution in [3.63, 3.8) is 0 Å². The van der Waals surface area contributed by atoms with Crippen LogP contribution in [-0.4, -0.2) is 46.7 Å². The third-order valence-corrected chi connectivity index (χ3v) is 2.81. The van der Waals surface area contributed by atoms with Gasteiger partial charge in [-0.15, -0.1) is 0 Å². The summed E-state index contributed by atoms with van der Waals surface area (Å²) >= 11 is 0. The number of likely N-dealkylation sites (tertiary alicyclic amines) is 1. The van der Waals surface area contributed by atoms with E-state index in [4.69, 9.17) is 5.73 Å². The van der Waals surface area contributed by atoms with Crippen LogP contribution in [0.2, 0.25) is 0 Å². The van der Waals surface area contributed by atoms with Gasteiger partial charge in [-0.25, -0.2) is 0 Å². The van der Waals surface area contributed by atoms with Gasteiger partial charge < -0.3 is 20.9 Å². The van der Waals surface area contributed by atoms with E-state index in [0.29, 0.717) is 18.5 Å². The lowest BCUT2D eigenvalue weighted by Crippen LogP contribution is -2.43. The van der Waals surface area contributed by atoms with E-state index < -0.39 is 11.9 Å². The van der Waals surface area contributed by atoms with Gasteiger partial charge in [0.1, 0.15) is 6.04 Å². The molecule has 1 atom stereocenters. The third-order valence-electron chi connectivity index (χ3n) is 2.81. The molecule has 7 heteroatoms. The van der Waals surface area contributed by atoms with Gasteiger partial charge in [0.25, 0.3) is 5.91 Å². The Labute approximate surface area is 103 Å². The first-order chi connectivity index (χ1) is 8.58. The minimum atomic E-state index is -0.577. The smallest absolute Gasteiger partial charge is 0.253 e. The Bertz CT molecular complexity index is 469. The highest BCUT2D eigenvalue weighted by Gasteiger charge is 2.33. The predicted molar refractivity (Wildman–Crippen MR) is 62.4 cm³/mol. The summed E-state index contributed by atoms with van der Waals surface area (Å²) in [4.78, 5) is 38.5. The zero-order chi connectivity index (χ0) is 13.1. The summed E-state index contributed by atoms with van der Waals surface area (Å²) in [5, 5.41) is 2.63. The number of amides is 3. The molecule has 0 bridgehead atoms. The Balaban J connectivity index is 1.94. The monoisotopic (exact) mass is 250 g/mol. The van der Waals surface area contributed by atoms with Crippen LogP contribution in [-0.2, 0) is 9.59 Å². The molecule has 0 unspecified atom stereocenters. The zero-order valence-electron chi connectivity index (χ0n) is 9.68. The summed E-state index contributed by atoms with van der Waals surface area (Å²) in [7, 11) is 0. The van der Waals surface area contributed by atoms with Gasteiger partial charge in [-0.3, -0.25) is 14.4 Å². The first-order valence-corrected chi connectivity index (χ1v) is 5.58. The maximum Gasteiger partial charge on any atom is 0.253 e. The first kappa shape index (κ1) is 12.2. The Morgan fingerprint density at radius 1 is 1.56 bits per heavy atom. The van der Waals surface area contributed by atoms with Gasteiger partial charge in [0.15, 0.2) is 0 Å². The number of aromatic amines is 1. The summed E-state index contributed by atoms with van der Waals surface area (Å²) < 4.78 is 0. The summed E-state index contributed by atoms with van der Waals surface area (Å²) in [6, 6.07) is 1.04. The van der Waals surface area contributed by atoms with Crippen LogP contribution in [0.15, 0.2) is 18.5 Å². The lowest BCUT2D eigenvalue weighted by atomic mass is 10.2. The molecule has 2 heterocycles. The molecule has 0 radical (unpaired) electrons. The molecule has 2 rings (SSSR count). The van der Waals surface area contributed by atoms with Crippen molar-refractivity contribution in [3.05, 3.63) is 24.0 Å². The fraction of sp³-hybridized carbons (Fsp3) is 0.364. The predicted octanol–water partition coefficient (Wildman–Crippen LogP) is -1.17. The van der Waals surface area contributed by atoms with E-state index in [1.165, 1.54) is 4.90 Å². The molecule has 0 aliphatic carbocycles. The molecule has 0 aromatic carbocycles.